The molecule has 0 aliphatic heterocycles. The van der Waals surface area contributed by atoms with Crippen molar-refractivity contribution in [2.75, 3.05) is 11.5 Å². The molecule has 0 saturated heterocycles. The summed E-state index contributed by atoms with van der Waals surface area (Å²) in [6, 6.07) is 0. The van der Waals surface area contributed by atoms with Gasteiger partial charge >= 0.3 is 0 Å². The van der Waals surface area contributed by atoms with E-state index in [2.05, 4.69) is 51.8 Å². The molecule has 0 aromatic carbocycles. The fraction of sp³-hybridized carbons (Fsp3) is 0.429. The van der Waals surface area contributed by atoms with Crippen LogP contribution in [0.25, 0.3) is 0 Å². The molecular formula is C14H20Br2N6O6S2. The second-order valence-corrected chi connectivity index (χ2v) is 11.7. The molecule has 0 amide bonds. The largest absolute Gasteiger partial charge is 0.381 e. The van der Waals surface area contributed by atoms with Gasteiger partial charge in [-0.25, -0.2) is 47.0 Å². The Kier molecular flexibility index (Phi) is 8.95. The van der Waals surface area contributed by atoms with Crippen LogP contribution >= 0.6 is 31.9 Å². The molecule has 0 aliphatic carbocycles. The molecule has 16 heteroatoms. The lowest BCUT2D eigenvalue weighted by molar-refractivity contribution is 0.0714. The Labute approximate surface area is 190 Å². The van der Waals surface area contributed by atoms with Gasteiger partial charge in [0.2, 0.25) is 20.0 Å². The van der Waals surface area contributed by atoms with Gasteiger partial charge in [0.05, 0.1) is 20.5 Å². The Bertz CT molecular complexity index is 974. The smallest absolute Gasteiger partial charge is 0.212 e. The Hall–Kier alpha value is -1.14. The maximum Gasteiger partial charge on any atom is 0.212 e. The molecule has 0 aliphatic rings. The zero-order chi connectivity index (χ0) is 23.4. The van der Waals surface area contributed by atoms with Gasteiger partial charge in [-0.1, -0.05) is 0 Å². The van der Waals surface area contributed by atoms with Gasteiger partial charge in [-0.3, -0.25) is 0 Å². The van der Waals surface area contributed by atoms with E-state index in [0.29, 0.717) is 8.95 Å². The lowest BCUT2D eigenvalue weighted by Crippen LogP contribution is -2.36. The molecule has 0 spiro atoms. The molecule has 12 nitrogen and oxygen atoms in total. The number of primary sulfonamides is 2. The van der Waals surface area contributed by atoms with Crippen molar-refractivity contribution in [1.82, 2.24) is 19.9 Å². The van der Waals surface area contributed by atoms with E-state index in [1.165, 1.54) is 38.6 Å². The van der Waals surface area contributed by atoms with E-state index in [4.69, 9.17) is 10.3 Å². The van der Waals surface area contributed by atoms with Crippen molar-refractivity contribution in [2.24, 2.45) is 10.3 Å². The average molecular weight is 592 g/mol. The number of rotatable bonds is 6. The van der Waals surface area contributed by atoms with E-state index in [1.807, 2.05) is 0 Å². The van der Waals surface area contributed by atoms with E-state index < -0.39 is 42.8 Å². The molecule has 0 fully saturated rings. The first-order valence-electron chi connectivity index (χ1n) is 7.83. The van der Waals surface area contributed by atoms with Crippen LogP contribution in [-0.2, 0) is 31.2 Å². The summed E-state index contributed by atoms with van der Waals surface area (Å²) in [5, 5.41) is 29.3. The number of halogens is 2. The standard InChI is InChI=1S/2C7H10BrN3O3S/c2*1-7(12,4-15(9,13)14)6-10-2-5(8)3-11-6/h2*2-3,12H,4H2,1H3,(H2,9,13,14)/t2*7-/m10/s1. The number of hydrogen-bond acceptors (Lipinski definition) is 10. The van der Waals surface area contributed by atoms with Crippen LogP contribution in [0.5, 0.6) is 0 Å². The van der Waals surface area contributed by atoms with Crippen LogP contribution in [0.4, 0.5) is 0 Å². The Morgan fingerprint density at radius 2 is 1.00 bits per heavy atom. The third-order valence-electron chi connectivity index (χ3n) is 3.17. The monoisotopic (exact) mass is 590 g/mol. The van der Waals surface area contributed by atoms with Crippen molar-refractivity contribution in [2.45, 2.75) is 25.0 Å². The number of aliphatic hydroxyl groups is 2. The van der Waals surface area contributed by atoms with Gasteiger partial charge in [-0.2, -0.15) is 0 Å². The van der Waals surface area contributed by atoms with E-state index in [1.54, 1.807) is 0 Å². The van der Waals surface area contributed by atoms with Crippen LogP contribution in [-0.4, -0.2) is 58.5 Å². The summed E-state index contributed by atoms with van der Waals surface area (Å²) in [6.07, 6.45) is 5.67. The minimum Gasteiger partial charge on any atom is -0.381 e. The molecule has 2 aromatic heterocycles. The third-order valence-corrected chi connectivity index (χ3v) is 5.92. The molecule has 30 heavy (non-hydrogen) atoms. The van der Waals surface area contributed by atoms with Crippen molar-refractivity contribution in [3.63, 3.8) is 0 Å². The molecule has 0 unspecified atom stereocenters. The summed E-state index contributed by atoms with van der Waals surface area (Å²) in [6.45, 7) is 2.58. The molecular weight excluding hydrogens is 572 g/mol. The second kappa shape index (κ2) is 9.99. The summed E-state index contributed by atoms with van der Waals surface area (Å²) in [5.74, 6) is -1.22. The highest BCUT2D eigenvalue weighted by atomic mass is 79.9. The fourth-order valence-corrected chi connectivity index (χ4v) is 4.33. The lowest BCUT2D eigenvalue weighted by atomic mass is 10.1. The van der Waals surface area contributed by atoms with Crippen molar-refractivity contribution in [3.05, 3.63) is 45.4 Å². The highest BCUT2D eigenvalue weighted by Gasteiger charge is 2.32. The van der Waals surface area contributed by atoms with E-state index in [-0.39, 0.29) is 11.6 Å². The van der Waals surface area contributed by atoms with Gasteiger partial charge in [-0.15, -0.1) is 0 Å². The number of sulfonamides is 2. The molecule has 2 atom stereocenters. The van der Waals surface area contributed by atoms with Gasteiger partial charge < -0.3 is 10.2 Å². The number of aromatic nitrogens is 4. The predicted molar refractivity (Wildman–Crippen MR) is 115 cm³/mol. The van der Waals surface area contributed by atoms with Crippen LogP contribution in [0.15, 0.2) is 33.7 Å². The van der Waals surface area contributed by atoms with Crippen molar-refractivity contribution in [3.8, 4) is 0 Å². The van der Waals surface area contributed by atoms with Crippen LogP contribution in [0.1, 0.15) is 25.5 Å². The first-order valence-corrected chi connectivity index (χ1v) is 12.8. The molecule has 2 aromatic rings. The molecule has 168 valence electrons. The summed E-state index contributed by atoms with van der Waals surface area (Å²) in [5.41, 5.74) is -3.37. The van der Waals surface area contributed by atoms with E-state index in [9.17, 15) is 27.0 Å². The minimum absolute atomic E-state index is 0.0136. The number of nitrogens with zero attached hydrogens (tertiary/aromatic N) is 4. The molecule has 0 bridgehead atoms. The third kappa shape index (κ3) is 9.78. The quantitative estimate of drug-likeness (QED) is 0.337. The van der Waals surface area contributed by atoms with Gasteiger partial charge in [-0.05, 0) is 45.7 Å². The number of hydrogen-bond donors (Lipinski definition) is 4. The first kappa shape index (κ1) is 26.9. The average Bonchev–Trinajstić information content (AvgIpc) is 2.52. The highest BCUT2D eigenvalue weighted by molar-refractivity contribution is 9.10. The topological polar surface area (TPSA) is 212 Å². The fourth-order valence-electron chi connectivity index (χ4n) is 2.09. The zero-order valence-corrected chi connectivity index (χ0v) is 20.6. The lowest BCUT2D eigenvalue weighted by Gasteiger charge is -2.19. The number of nitrogens with two attached hydrogens (primary N) is 2. The summed E-state index contributed by atoms with van der Waals surface area (Å²) < 4.78 is 44.6. The molecule has 6 N–H and O–H groups in total. The SMILES string of the molecule is C[C@@](O)(CS(N)(=O)=O)c1ncc(Br)cn1.C[C@](O)(CS(N)(=O)=O)c1ncc(Br)cn1. The molecule has 2 heterocycles. The molecule has 0 radical (unpaired) electrons. The van der Waals surface area contributed by atoms with Crippen LogP contribution in [0.2, 0.25) is 0 Å². The maximum atomic E-state index is 10.8. The van der Waals surface area contributed by atoms with Crippen LogP contribution in [0, 0.1) is 0 Å². The van der Waals surface area contributed by atoms with Crippen LogP contribution < -0.4 is 10.3 Å². The summed E-state index contributed by atoms with van der Waals surface area (Å²) >= 11 is 6.25. The first-order chi connectivity index (χ1) is 13.4. The van der Waals surface area contributed by atoms with Crippen LogP contribution in [0.3, 0.4) is 0 Å². The zero-order valence-electron chi connectivity index (χ0n) is 15.8. The normalized spacial score (nSPS) is 16.0. The predicted octanol–water partition coefficient (Wildman–Crippen LogP) is -0.530. The van der Waals surface area contributed by atoms with E-state index >= 15 is 0 Å². The van der Waals surface area contributed by atoms with Crippen molar-refractivity contribution >= 4 is 51.9 Å². The van der Waals surface area contributed by atoms with Gasteiger partial charge in [0.1, 0.15) is 11.2 Å². The maximum absolute atomic E-state index is 10.8. The second-order valence-electron chi connectivity index (χ2n) is 6.61. The van der Waals surface area contributed by atoms with Crippen molar-refractivity contribution < 1.29 is 27.0 Å². The Morgan fingerprint density at radius 1 is 0.767 bits per heavy atom. The minimum atomic E-state index is -3.78. The summed E-state index contributed by atoms with van der Waals surface area (Å²) in [4.78, 5) is 15.2. The Morgan fingerprint density at radius 3 is 1.20 bits per heavy atom. The van der Waals surface area contributed by atoms with E-state index in [0.717, 1.165) is 0 Å². The Balaban J connectivity index is 0.000000300. The van der Waals surface area contributed by atoms with Gasteiger partial charge in [0, 0.05) is 24.8 Å². The van der Waals surface area contributed by atoms with Gasteiger partial charge in [0.25, 0.3) is 0 Å². The van der Waals surface area contributed by atoms with Gasteiger partial charge in [0.15, 0.2) is 11.6 Å². The van der Waals surface area contributed by atoms with Crippen molar-refractivity contribution in [1.29, 1.82) is 0 Å². The highest BCUT2D eigenvalue weighted by Crippen LogP contribution is 2.19. The molecule has 2 rings (SSSR count). The molecule has 0 saturated carbocycles. The summed E-state index contributed by atoms with van der Waals surface area (Å²) in [7, 11) is -7.56.